The molecule has 0 bridgehead atoms. The molecule has 0 saturated heterocycles. The van der Waals surface area contributed by atoms with Crippen LogP contribution in [-0.4, -0.2) is 23.5 Å². The molecular formula is C10H16ClNOS2. The minimum absolute atomic E-state index is 0.122. The highest BCUT2D eigenvalue weighted by atomic mass is 35.5. The van der Waals surface area contributed by atoms with Crippen LogP contribution in [0.4, 0.5) is 0 Å². The van der Waals surface area contributed by atoms with Crippen molar-refractivity contribution in [1.29, 1.82) is 0 Å². The van der Waals surface area contributed by atoms with Crippen molar-refractivity contribution in [3.63, 3.8) is 0 Å². The fourth-order valence-corrected chi connectivity index (χ4v) is 3.80. The van der Waals surface area contributed by atoms with E-state index >= 15 is 0 Å². The third-order valence-corrected chi connectivity index (χ3v) is 4.97. The Hall–Kier alpha value is 0.260. The Morgan fingerprint density at radius 3 is 2.80 bits per heavy atom. The smallest absolute Gasteiger partial charge is 0.0931 e. The number of aliphatic hydroxyl groups excluding tert-OH is 1. The lowest BCUT2D eigenvalue weighted by molar-refractivity contribution is 0.322. The van der Waals surface area contributed by atoms with E-state index < -0.39 is 0 Å². The number of hydrogen-bond donors (Lipinski definition) is 2. The molecule has 0 radical (unpaired) electrons. The van der Waals surface area contributed by atoms with Crippen molar-refractivity contribution in [1.82, 2.24) is 0 Å². The maximum atomic E-state index is 8.84. The molecule has 0 fully saturated rings. The molecule has 0 aromatic carbocycles. The van der Waals surface area contributed by atoms with Crippen molar-refractivity contribution < 1.29 is 5.11 Å². The van der Waals surface area contributed by atoms with Crippen molar-refractivity contribution in [3.05, 3.63) is 21.3 Å². The average Bonchev–Trinajstić information content (AvgIpc) is 2.65. The van der Waals surface area contributed by atoms with Crippen LogP contribution < -0.4 is 5.73 Å². The molecule has 5 heteroatoms. The molecule has 1 rings (SSSR count). The number of thiophene rings is 1. The molecule has 3 N–H and O–H groups in total. The van der Waals surface area contributed by atoms with E-state index in [4.69, 9.17) is 22.4 Å². The van der Waals surface area contributed by atoms with Crippen LogP contribution in [0.5, 0.6) is 0 Å². The summed E-state index contributed by atoms with van der Waals surface area (Å²) in [6.45, 7) is 2.27. The first-order valence-corrected chi connectivity index (χ1v) is 7.16. The zero-order valence-electron chi connectivity index (χ0n) is 8.65. The summed E-state index contributed by atoms with van der Waals surface area (Å²) in [5.74, 6) is 0.716. The largest absolute Gasteiger partial charge is 0.396 e. The van der Waals surface area contributed by atoms with Gasteiger partial charge in [0, 0.05) is 16.7 Å². The monoisotopic (exact) mass is 265 g/mol. The Labute approximate surface area is 104 Å². The van der Waals surface area contributed by atoms with Gasteiger partial charge in [0.25, 0.3) is 0 Å². The van der Waals surface area contributed by atoms with Crippen LogP contribution in [0.15, 0.2) is 12.1 Å². The molecule has 2 atom stereocenters. The summed E-state index contributed by atoms with van der Waals surface area (Å²) < 4.78 is 0.794. The third kappa shape index (κ3) is 3.96. The second-order valence-electron chi connectivity index (χ2n) is 3.23. The summed E-state index contributed by atoms with van der Waals surface area (Å²) >= 11 is 9.18. The highest BCUT2D eigenvalue weighted by Gasteiger charge is 2.20. The number of halogens is 1. The lowest BCUT2D eigenvalue weighted by Gasteiger charge is -2.20. The number of aliphatic hydroxyl groups is 1. The number of hydrogen-bond acceptors (Lipinski definition) is 4. The summed E-state index contributed by atoms with van der Waals surface area (Å²) in [7, 11) is 0. The lowest BCUT2D eigenvalue weighted by atomic mass is 10.1. The van der Waals surface area contributed by atoms with Crippen LogP contribution in [0.1, 0.15) is 23.5 Å². The van der Waals surface area contributed by atoms with Gasteiger partial charge < -0.3 is 10.8 Å². The normalized spacial score (nSPS) is 15.2. The molecular weight excluding hydrogens is 250 g/mol. The molecule has 15 heavy (non-hydrogen) atoms. The Bertz CT molecular complexity index is 293. The molecule has 1 aromatic heterocycles. The van der Waals surface area contributed by atoms with Gasteiger partial charge >= 0.3 is 0 Å². The molecule has 0 aliphatic carbocycles. The zero-order valence-corrected chi connectivity index (χ0v) is 11.0. The van der Waals surface area contributed by atoms with Crippen LogP contribution in [0.25, 0.3) is 0 Å². The Morgan fingerprint density at radius 1 is 1.60 bits per heavy atom. The minimum Gasteiger partial charge on any atom is -0.396 e. The van der Waals surface area contributed by atoms with E-state index in [0.29, 0.717) is 5.75 Å². The third-order valence-electron chi connectivity index (χ3n) is 2.12. The summed E-state index contributed by atoms with van der Waals surface area (Å²) in [6.07, 6.45) is 0.929. The Balaban J connectivity index is 2.71. The van der Waals surface area contributed by atoms with Gasteiger partial charge in [-0.15, -0.1) is 23.1 Å². The molecule has 0 spiro atoms. The van der Waals surface area contributed by atoms with Gasteiger partial charge in [-0.05, 0) is 18.6 Å². The van der Waals surface area contributed by atoms with E-state index in [-0.39, 0.29) is 17.9 Å². The van der Waals surface area contributed by atoms with Gasteiger partial charge in [-0.3, -0.25) is 0 Å². The average molecular weight is 266 g/mol. The molecule has 1 heterocycles. The van der Waals surface area contributed by atoms with Gasteiger partial charge in [0.15, 0.2) is 0 Å². The highest BCUT2D eigenvalue weighted by molar-refractivity contribution is 7.99. The van der Waals surface area contributed by atoms with Crippen molar-refractivity contribution >= 4 is 34.7 Å². The van der Waals surface area contributed by atoms with Gasteiger partial charge in [-0.2, -0.15) is 0 Å². The van der Waals surface area contributed by atoms with E-state index in [1.807, 2.05) is 12.1 Å². The van der Waals surface area contributed by atoms with Crippen molar-refractivity contribution in [3.8, 4) is 0 Å². The number of rotatable bonds is 6. The topological polar surface area (TPSA) is 46.2 Å². The first-order chi connectivity index (χ1) is 7.19. The molecule has 0 saturated carbocycles. The van der Waals surface area contributed by atoms with Gasteiger partial charge in [0.2, 0.25) is 0 Å². The fraction of sp³-hybridized carbons (Fsp3) is 0.600. The SMILES string of the molecule is CCC(N)C(SCCO)c1ccc(Cl)s1. The molecule has 0 aliphatic rings. The second-order valence-corrected chi connectivity index (χ2v) is 6.23. The molecule has 1 aromatic rings. The van der Waals surface area contributed by atoms with Crippen molar-refractivity contribution in [2.75, 3.05) is 12.4 Å². The Morgan fingerprint density at radius 2 is 2.33 bits per heavy atom. The first-order valence-electron chi connectivity index (χ1n) is 4.92. The summed E-state index contributed by atoms with van der Waals surface area (Å²) in [6, 6.07) is 4.05. The number of thioether (sulfide) groups is 1. The zero-order chi connectivity index (χ0) is 11.3. The van der Waals surface area contributed by atoms with E-state index in [1.165, 1.54) is 4.88 Å². The van der Waals surface area contributed by atoms with E-state index in [0.717, 1.165) is 10.8 Å². The standard InChI is InChI=1S/C10H16ClNOS2/c1-2-7(12)10(14-6-5-13)8-3-4-9(11)15-8/h3-4,7,10,13H,2,5-6,12H2,1H3. The van der Waals surface area contributed by atoms with Crippen molar-refractivity contribution in [2.45, 2.75) is 24.6 Å². The van der Waals surface area contributed by atoms with Crippen molar-refractivity contribution in [2.24, 2.45) is 5.73 Å². The highest BCUT2D eigenvalue weighted by Crippen LogP contribution is 2.37. The Kier molecular flexibility index (Phi) is 6.00. The summed E-state index contributed by atoms with van der Waals surface area (Å²) in [5, 5.41) is 9.09. The van der Waals surface area contributed by atoms with Crippen LogP contribution in [0.3, 0.4) is 0 Å². The summed E-state index contributed by atoms with van der Waals surface area (Å²) in [5.41, 5.74) is 6.06. The molecule has 2 unspecified atom stereocenters. The van der Waals surface area contributed by atoms with Gasteiger partial charge in [-0.25, -0.2) is 0 Å². The second kappa shape index (κ2) is 6.76. The summed E-state index contributed by atoms with van der Waals surface area (Å²) in [4.78, 5) is 1.20. The predicted octanol–water partition coefficient (Wildman–Crippen LogP) is 2.91. The van der Waals surface area contributed by atoms with E-state index in [9.17, 15) is 0 Å². The van der Waals surface area contributed by atoms with Gasteiger partial charge in [0.05, 0.1) is 16.2 Å². The minimum atomic E-state index is 0.122. The molecule has 0 aliphatic heterocycles. The van der Waals surface area contributed by atoms with Crippen LogP contribution >= 0.6 is 34.7 Å². The molecule has 2 nitrogen and oxygen atoms in total. The maximum absolute atomic E-state index is 8.84. The van der Waals surface area contributed by atoms with Gasteiger partial charge in [-0.1, -0.05) is 18.5 Å². The number of nitrogens with two attached hydrogens (primary N) is 1. The lowest BCUT2D eigenvalue weighted by Crippen LogP contribution is -2.25. The maximum Gasteiger partial charge on any atom is 0.0931 e. The first kappa shape index (κ1) is 13.3. The fourth-order valence-electron chi connectivity index (χ4n) is 1.29. The van der Waals surface area contributed by atoms with Crippen LogP contribution in [0, 0.1) is 0 Å². The van der Waals surface area contributed by atoms with E-state index in [2.05, 4.69) is 6.92 Å². The quantitative estimate of drug-likeness (QED) is 0.831. The van der Waals surface area contributed by atoms with Crippen LogP contribution in [-0.2, 0) is 0 Å². The van der Waals surface area contributed by atoms with E-state index in [1.54, 1.807) is 23.1 Å². The molecule has 86 valence electrons. The predicted molar refractivity (Wildman–Crippen MR) is 69.9 cm³/mol. The van der Waals surface area contributed by atoms with Gasteiger partial charge in [0.1, 0.15) is 0 Å². The molecule has 0 amide bonds. The van der Waals surface area contributed by atoms with Crippen LogP contribution in [0.2, 0.25) is 4.34 Å².